The van der Waals surface area contributed by atoms with Crippen LogP contribution in [0.25, 0.3) is 0 Å². The standard InChI is InChI=1S/C14H19ClN2O/c1-9-5-6-16-13(7-9)14(18)17-12-8-11(15)4-3-10(12)2/h3-4,8-9,13,16H,5-7H2,1-2H3,(H,17,18). The maximum absolute atomic E-state index is 12.2. The Morgan fingerprint density at radius 1 is 1.50 bits per heavy atom. The fourth-order valence-corrected chi connectivity index (χ4v) is 2.43. The zero-order chi connectivity index (χ0) is 13.1. The molecule has 0 radical (unpaired) electrons. The van der Waals surface area contributed by atoms with Crippen molar-refractivity contribution >= 4 is 23.2 Å². The van der Waals surface area contributed by atoms with Crippen molar-refractivity contribution in [3.05, 3.63) is 28.8 Å². The second kappa shape index (κ2) is 5.72. The summed E-state index contributed by atoms with van der Waals surface area (Å²) in [4.78, 5) is 12.2. The number of amides is 1. The Labute approximate surface area is 113 Å². The number of carbonyl (C=O) groups is 1. The highest BCUT2D eigenvalue weighted by molar-refractivity contribution is 6.31. The van der Waals surface area contributed by atoms with Gasteiger partial charge in [0.15, 0.2) is 0 Å². The van der Waals surface area contributed by atoms with E-state index in [9.17, 15) is 4.79 Å². The van der Waals surface area contributed by atoms with Crippen LogP contribution in [0.15, 0.2) is 18.2 Å². The highest BCUT2D eigenvalue weighted by Gasteiger charge is 2.24. The molecule has 98 valence electrons. The largest absolute Gasteiger partial charge is 0.324 e. The second-order valence-electron chi connectivity index (χ2n) is 5.08. The molecule has 1 aromatic carbocycles. The molecular formula is C14H19ClN2O. The molecule has 1 saturated heterocycles. The molecule has 2 unspecified atom stereocenters. The molecule has 1 aliphatic rings. The van der Waals surface area contributed by atoms with Gasteiger partial charge >= 0.3 is 0 Å². The minimum absolute atomic E-state index is 0.0342. The Morgan fingerprint density at radius 3 is 3.00 bits per heavy atom. The van der Waals surface area contributed by atoms with Gasteiger partial charge < -0.3 is 10.6 Å². The van der Waals surface area contributed by atoms with Crippen molar-refractivity contribution < 1.29 is 4.79 Å². The lowest BCUT2D eigenvalue weighted by atomic mass is 9.94. The van der Waals surface area contributed by atoms with Gasteiger partial charge in [-0.05, 0) is 49.9 Å². The van der Waals surface area contributed by atoms with Gasteiger partial charge in [-0.3, -0.25) is 4.79 Å². The van der Waals surface area contributed by atoms with E-state index in [1.165, 1.54) is 0 Å². The second-order valence-corrected chi connectivity index (χ2v) is 5.52. The van der Waals surface area contributed by atoms with Crippen LogP contribution in [0.5, 0.6) is 0 Å². The first kappa shape index (κ1) is 13.4. The van der Waals surface area contributed by atoms with E-state index in [0.29, 0.717) is 10.9 Å². The lowest BCUT2D eigenvalue weighted by Crippen LogP contribution is -2.45. The van der Waals surface area contributed by atoms with Gasteiger partial charge in [0.1, 0.15) is 0 Å². The molecule has 4 heteroatoms. The average Bonchev–Trinajstić information content (AvgIpc) is 2.34. The molecule has 1 amide bonds. The summed E-state index contributed by atoms with van der Waals surface area (Å²) in [5.41, 5.74) is 1.82. The molecule has 0 aliphatic carbocycles. The van der Waals surface area contributed by atoms with Gasteiger partial charge in [-0.1, -0.05) is 24.6 Å². The number of anilines is 1. The summed E-state index contributed by atoms with van der Waals surface area (Å²) >= 11 is 5.94. The first-order chi connectivity index (χ1) is 8.56. The van der Waals surface area contributed by atoms with Gasteiger partial charge in [-0.15, -0.1) is 0 Å². The average molecular weight is 267 g/mol. The van der Waals surface area contributed by atoms with Crippen LogP contribution in [0, 0.1) is 12.8 Å². The molecule has 1 aromatic rings. The third-order valence-corrected chi connectivity index (χ3v) is 3.68. The predicted molar refractivity (Wildman–Crippen MR) is 75.0 cm³/mol. The van der Waals surface area contributed by atoms with E-state index in [1.54, 1.807) is 6.07 Å². The molecule has 1 fully saturated rings. The molecule has 0 bridgehead atoms. The summed E-state index contributed by atoms with van der Waals surface area (Å²) in [6, 6.07) is 5.44. The van der Waals surface area contributed by atoms with Crippen molar-refractivity contribution in [1.82, 2.24) is 5.32 Å². The molecule has 0 spiro atoms. The van der Waals surface area contributed by atoms with E-state index < -0.39 is 0 Å². The van der Waals surface area contributed by atoms with E-state index in [4.69, 9.17) is 11.6 Å². The van der Waals surface area contributed by atoms with Crippen LogP contribution in [0.3, 0.4) is 0 Å². The monoisotopic (exact) mass is 266 g/mol. The Hall–Kier alpha value is -1.06. The van der Waals surface area contributed by atoms with E-state index in [0.717, 1.165) is 30.6 Å². The van der Waals surface area contributed by atoms with Crippen LogP contribution in [0.4, 0.5) is 5.69 Å². The number of benzene rings is 1. The Morgan fingerprint density at radius 2 is 2.28 bits per heavy atom. The fourth-order valence-electron chi connectivity index (χ4n) is 2.26. The number of aryl methyl sites for hydroxylation is 1. The van der Waals surface area contributed by atoms with Gasteiger partial charge in [0.2, 0.25) is 5.91 Å². The van der Waals surface area contributed by atoms with Crippen molar-refractivity contribution in [1.29, 1.82) is 0 Å². The smallest absolute Gasteiger partial charge is 0.241 e. The maximum Gasteiger partial charge on any atom is 0.241 e. The number of nitrogens with one attached hydrogen (secondary N) is 2. The third-order valence-electron chi connectivity index (χ3n) is 3.44. The number of rotatable bonds is 2. The van der Waals surface area contributed by atoms with E-state index in [-0.39, 0.29) is 11.9 Å². The van der Waals surface area contributed by atoms with Gasteiger partial charge in [-0.25, -0.2) is 0 Å². The number of carbonyl (C=O) groups excluding carboxylic acids is 1. The molecule has 2 rings (SSSR count). The molecule has 1 aliphatic heterocycles. The van der Waals surface area contributed by atoms with Crippen LogP contribution in [0.1, 0.15) is 25.3 Å². The molecule has 1 heterocycles. The summed E-state index contributed by atoms with van der Waals surface area (Å²) in [6.45, 7) is 5.06. The summed E-state index contributed by atoms with van der Waals surface area (Å²) in [5.74, 6) is 0.634. The minimum atomic E-state index is -0.0906. The van der Waals surface area contributed by atoms with Gasteiger partial charge in [0.25, 0.3) is 0 Å². The topological polar surface area (TPSA) is 41.1 Å². The number of piperidine rings is 1. The van der Waals surface area contributed by atoms with Crippen LogP contribution in [0.2, 0.25) is 5.02 Å². The Bertz CT molecular complexity index is 447. The zero-order valence-corrected chi connectivity index (χ0v) is 11.6. The van der Waals surface area contributed by atoms with Gasteiger partial charge in [0.05, 0.1) is 6.04 Å². The SMILES string of the molecule is Cc1ccc(Cl)cc1NC(=O)C1CC(C)CCN1. The highest BCUT2D eigenvalue weighted by atomic mass is 35.5. The molecule has 2 N–H and O–H groups in total. The Kier molecular flexibility index (Phi) is 4.25. The number of halogens is 1. The van der Waals surface area contributed by atoms with Crippen molar-refractivity contribution in [2.45, 2.75) is 32.7 Å². The molecular weight excluding hydrogens is 248 g/mol. The van der Waals surface area contributed by atoms with Crippen LogP contribution in [-0.4, -0.2) is 18.5 Å². The summed E-state index contributed by atoms with van der Waals surface area (Å²) in [6.07, 6.45) is 2.03. The van der Waals surface area contributed by atoms with E-state index >= 15 is 0 Å². The van der Waals surface area contributed by atoms with Crippen LogP contribution < -0.4 is 10.6 Å². The molecule has 0 aromatic heterocycles. The van der Waals surface area contributed by atoms with Crippen molar-refractivity contribution in [2.24, 2.45) is 5.92 Å². The van der Waals surface area contributed by atoms with Gasteiger partial charge in [-0.2, -0.15) is 0 Å². The normalized spacial score (nSPS) is 23.7. The first-order valence-electron chi connectivity index (χ1n) is 6.36. The minimum Gasteiger partial charge on any atom is -0.324 e. The quantitative estimate of drug-likeness (QED) is 0.864. The third kappa shape index (κ3) is 3.24. The number of hydrogen-bond donors (Lipinski definition) is 2. The number of hydrogen-bond acceptors (Lipinski definition) is 2. The zero-order valence-electron chi connectivity index (χ0n) is 10.8. The van der Waals surface area contributed by atoms with Crippen LogP contribution >= 0.6 is 11.6 Å². The molecule has 0 saturated carbocycles. The lowest BCUT2D eigenvalue weighted by Gasteiger charge is -2.27. The van der Waals surface area contributed by atoms with Crippen LogP contribution in [-0.2, 0) is 4.79 Å². The van der Waals surface area contributed by atoms with E-state index in [2.05, 4.69) is 17.6 Å². The predicted octanol–water partition coefficient (Wildman–Crippen LogP) is 2.98. The summed E-state index contributed by atoms with van der Waals surface area (Å²) < 4.78 is 0. The van der Waals surface area contributed by atoms with Crippen molar-refractivity contribution in [3.63, 3.8) is 0 Å². The molecule has 2 atom stereocenters. The summed E-state index contributed by atoms with van der Waals surface area (Å²) in [7, 11) is 0. The summed E-state index contributed by atoms with van der Waals surface area (Å²) in [5, 5.41) is 6.85. The molecule has 3 nitrogen and oxygen atoms in total. The fraction of sp³-hybridized carbons (Fsp3) is 0.500. The lowest BCUT2D eigenvalue weighted by molar-refractivity contribution is -0.119. The maximum atomic E-state index is 12.2. The first-order valence-corrected chi connectivity index (χ1v) is 6.74. The van der Waals surface area contributed by atoms with Gasteiger partial charge in [0, 0.05) is 10.7 Å². The van der Waals surface area contributed by atoms with E-state index in [1.807, 2.05) is 19.1 Å². The van der Waals surface area contributed by atoms with Crippen molar-refractivity contribution in [3.8, 4) is 0 Å². The van der Waals surface area contributed by atoms with Crippen molar-refractivity contribution in [2.75, 3.05) is 11.9 Å². The Balaban J connectivity index is 2.04. The molecule has 18 heavy (non-hydrogen) atoms. The highest BCUT2D eigenvalue weighted by Crippen LogP contribution is 2.22.